The highest BCUT2D eigenvalue weighted by Gasteiger charge is 2.46. The van der Waals surface area contributed by atoms with Gasteiger partial charge in [-0.25, -0.2) is 0 Å². The van der Waals surface area contributed by atoms with Crippen LogP contribution < -0.4 is 5.43 Å². The monoisotopic (exact) mass is 301 g/mol. The predicted molar refractivity (Wildman–Crippen MR) is 82.8 cm³/mol. The zero-order valence-corrected chi connectivity index (χ0v) is 12.9. The quantitative estimate of drug-likeness (QED) is 0.672. The third kappa shape index (κ3) is 2.38. The average molecular weight is 301 g/mol. The Bertz CT molecular complexity index is 694. The van der Waals surface area contributed by atoms with Gasteiger partial charge in [0.25, 0.3) is 5.69 Å². The van der Waals surface area contributed by atoms with Crippen LogP contribution in [0.15, 0.2) is 23.3 Å². The van der Waals surface area contributed by atoms with Crippen molar-refractivity contribution >= 4 is 17.2 Å². The van der Waals surface area contributed by atoms with Crippen LogP contribution in [0.4, 0.5) is 5.69 Å². The van der Waals surface area contributed by atoms with Gasteiger partial charge < -0.3 is 5.43 Å². The molecule has 0 amide bonds. The number of carbonyl (C=O) groups is 1. The molecule has 2 unspecified atom stereocenters. The molecule has 2 aliphatic rings. The number of Topliss-reactive ketones (excluding diaryl/α,β-unsaturated/α-hetero) is 1. The third-order valence-corrected chi connectivity index (χ3v) is 4.52. The van der Waals surface area contributed by atoms with Crippen LogP contribution >= 0.6 is 0 Å². The van der Waals surface area contributed by atoms with Crippen molar-refractivity contribution < 1.29 is 9.72 Å². The topological polar surface area (TPSA) is 84.6 Å². The molecule has 1 saturated carbocycles. The van der Waals surface area contributed by atoms with Gasteiger partial charge in [-0.1, -0.05) is 26.0 Å². The summed E-state index contributed by atoms with van der Waals surface area (Å²) in [6, 6.07) is 5.02. The zero-order valence-electron chi connectivity index (χ0n) is 12.9. The number of nitro groups is 1. The molecule has 1 aromatic rings. The smallest absolute Gasteiger partial charge is 0.272 e. The Morgan fingerprint density at radius 2 is 2.14 bits per heavy atom. The van der Waals surface area contributed by atoms with Crippen LogP contribution in [0, 0.1) is 28.4 Å². The van der Waals surface area contributed by atoms with Crippen molar-refractivity contribution in [1.82, 2.24) is 5.43 Å². The van der Waals surface area contributed by atoms with E-state index in [1.807, 2.05) is 0 Å². The Balaban J connectivity index is 1.96. The van der Waals surface area contributed by atoms with Crippen LogP contribution in [0.2, 0.25) is 0 Å². The van der Waals surface area contributed by atoms with E-state index in [0.717, 1.165) is 6.42 Å². The van der Waals surface area contributed by atoms with E-state index in [2.05, 4.69) is 24.4 Å². The molecule has 22 heavy (non-hydrogen) atoms. The number of nitro benzene ring substituents is 1. The molecule has 3 rings (SSSR count). The summed E-state index contributed by atoms with van der Waals surface area (Å²) in [6.07, 6.45) is 1.38. The number of hydrogen-bond donors (Lipinski definition) is 1. The number of hydrogen-bond acceptors (Lipinski definition) is 5. The van der Waals surface area contributed by atoms with Crippen LogP contribution in [0.1, 0.15) is 37.8 Å². The van der Waals surface area contributed by atoms with Gasteiger partial charge >= 0.3 is 0 Å². The number of benzene rings is 1. The van der Waals surface area contributed by atoms with Gasteiger partial charge in [-0.3, -0.25) is 14.9 Å². The number of aryl methyl sites for hydroxylation is 1. The van der Waals surface area contributed by atoms with E-state index in [1.165, 1.54) is 6.07 Å². The third-order valence-electron chi connectivity index (χ3n) is 4.52. The number of nitrogens with one attached hydrogen (secondary N) is 1. The number of nitrogens with zero attached hydrogens (tertiary/aromatic N) is 2. The Labute approximate surface area is 128 Å². The Morgan fingerprint density at radius 1 is 1.41 bits per heavy atom. The molecule has 0 saturated heterocycles. The first-order valence-corrected chi connectivity index (χ1v) is 7.40. The highest BCUT2D eigenvalue weighted by atomic mass is 16.6. The molecule has 1 aromatic carbocycles. The molecule has 6 nitrogen and oxygen atoms in total. The molecular weight excluding hydrogens is 282 g/mol. The molecule has 1 heterocycles. The van der Waals surface area contributed by atoms with Gasteiger partial charge in [-0.05, 0) is 18.8 Å². The van der Waals surface area contributed by atoms with Gasteiger partial charge in [0.2, 0.25) is 0 Å². The van der Waals surface area contributed by atoms with E-state index in [4.69, 9.17) is 0 Å². The van der Waals surface area contributed by atoms with Crippen LogP contribution in [0.3, 0.4) is 0 Å². The molecule has 2 atom stereocenters. The standard InChI is InChI=1S/C16H19N3O3/c1-9-4-5-10(6-12(9)19(21)22)15-14-11(17-18-15)7-16(2,3)8-13(14)20/h4-6,11,14,17H,7-8H2,1-3H3. The van der Waals surface area contributed by atoms with E-state index in [-0.39, 0.29) is 28.8 Å². The summed E-state index contributed by atoms with van der Waals surface area (Å²) in [6.45, 7) is 5.86. The minimum absolute atomic E-state index is 0.00777. The van der Waals surface area contributed by atoms with Gasteiger partial charge in [0, 0.05) is 23.6 Å². The van der Waals surface area contributed by atoms with Crippen LogP contribution in [-0.4, -0.2) is 22.5 Å². The van der Waals surface area contributed by atoms with E-state index in [1.54, 1.807) is 19.1 Å². The number of ketones is 1. The van der Waals surface area contributed by atoms with Crippen LogP contribution in [0.5, 0.6) is 0 Å². The molecule has 0 aromatic heterocycles. The Hall–Kier alpha value is -2.24. The highest BCUT2D eigenvalue weighted by molar-refractivity contribution is 6.15. The number of hydrazone groups is 1. The molecule has 1 aliphatic heterocycles. The van der Waals surface area contributed by atoms with Crippen molar-refractivity contribution in [3.05, 3.63) is 39.4 Å². The fourth-order valence-corrected chi connectivity index (χ4v) is 3.49. The number of carbonyl (C=O) groups excluding carboxylic acids is 1. The molecule has 0 bridgehead atoms. The molecule has 0 spiro atoms. The van der Waals surface area contributed by atoms with E-state index in [9.17, 15) is 14.9 Å². The van der Waals surface area contributed by atoms with Crippen molar-refractivity contribution in [2.24, 2.45) is 16.4 Å². The second kappa shape index (κ2) is 4.90. The Morgan fingerprint density at radius 3 is 2.82 bits per heavy atom. The maximum Gasteiger partial charge on any atom is 0.272 e. The van der Waals surface area contributed by atoms with Crippen LogP contribution in [0.25, 0.3) is 0 Å². The van der Waals surface area contributed by atoms with Gasteiger partial charge in [0.05, 0.1) is 22.6 Å². The summed E-state index contributed by atoms with van der Waals surface area (Å²) in [5.74, 6) is -0.136. The lowest BCUT2D eigenvalue weighted by Crippen LogP contribution is -2.45. The Kier molecular flexibility index (Phi) is 3.27. The fraction of sp³-hybridized carbons (Fsp3) is 0.500. The summed E-state index contributed by atoms with van der Waals surface area (Å²) < 4.78 is 0. The molecule has 0 radical (unpaired) electrons. The highest BCUT2D eigenvalue weighted by Crippen LogP contribution is 2.39. The lowest BCUT2D eigenvalue weighted by atomic mass is 9.68. The van der Waals surface area contributed by atoms with Crippen molar-refractivity contribution in [1.29, 1.82) is 0 Å². The summed E-state index contributed by atoms with van der Waals surface area (Å²) in [5, 5.41) is 15.4. The molecular formula is C16H19N3O3. The number of fused-ring (bicyclic) bond motifs is 1. The van der Waals surface area contributed by atoms with Crippen molar-refractivity contribution in [3.63, 3.8) is 0 Å². The second-order valence-electron chi connectivity index (χ2n) is 6.98. The first-order valence-electron chi connectivity index (χ1n) is 7.40. The van der Waals surface area contributed by atoms with Gasteiger partial charge in [0.1, 0.15) is 5.78 Å². The number of rotatable bonds is 2. The van der Waals surface area contributed by atoms with Gasteiger partial charge in [-0.15, -0.1) is 0 Å². The predicted octanol–water partition coefficient (Wildman–Crippen LogP) is 2.58. The summed E-state index contributed by atoms with van der Waals surface area (Å²) >= 11 is 0. The molecule has 1 aliphatic carbocycles. The normalized spacial score (nSPS) is 26.1. The van der Waals surface area contributed by atoms with E-state index >= 15 is 0 Å². The van der Waals surface area contributed by atoms with Crippen molar-refractivity contribution in [2.45, 2.75) is 39.7 Å². The lowest BCUT2D eigenvalue weighted by Gasteiger charge is -2.36. The summed E-state index contributed by atoms with van der Waals surface area (Å²) in [4.78, 5) is 23.2. The minimum atomic E-state index is -0.398. The average Bonchev–Trinajstić information content (AvgIpc) is 2.81. The van der Waals surface area contributed by atoms with Crippen molar-refractivity contribution in [2.75, 3.05) is 0 Å². The van der Waals surface area contributed by atoms with E-state index < -0.39 is 4.92 Å². The second-order valence-corrected chi connectivity index (χ2v) is 6.98. The maximum atomic E-state index is 12.5. The largest absolute Gasteiger partial charge is 0.306 e. The summed E-state index contributed by atoms with van der Waals surface area (Å²) in [5.41, 5.74) is 4.98. The molecule has 6 heteroatoms. The van der Waals surface area contributed by atoms with Crippen molar-refractivity contribution in [3.8, 4) is 0 Å². The molecule has 1 fully saturated rings. The molecule has 1 N–H and O–H groups in total. The SMILES string of the molecule is Cc1ccc(C2=NNC3CC(C)(C)CC(=O)C23)cc1[N+](=O)[O-]. The summed E-state index contributed by atoms with van der Waals surface area (Å²) in [7, 11) is 0. The van der Waals surface area contributed by atoms with Gasteiger partial charge in [0.15, 0.2) is 0 Å². The minimum Gasteiger partial charge on any atom is -0.306 e. The van der Waals surface area contributed by atoms with Gasteiger partial charge in [-0.2, -0.15) is 5.10 Å². The fourth-order valence-electron chi connectivity index (χ4n) is 3.49. The lowest BCUT2D eigenvalue weighted by molar-refractivity contribution is -0.385. The van der Waals surface area contributed by atoms with Crippen LogP contribution in [-0.2, 0) is 4.79 Å². The first-order chi connectivity index (χ1) is 10.3. The maximum absolute atomic E-state index is 12.5. The molecule has 116 valence electrons. The first kappa shape index (κ1) is 14.7. The zero-order chi connectivity index (χ0) is 16.1. The van der Waals surface area contributed by atoms with E-state index in [0.29, 0.717) is 23.3 Å².